The first-order valence-electron chi connectivity index (χ1n) is 4.87. The summed E-state index contributed by atoms with van der Waals surface area (Å²) in [5.41, 5.74) is 0. The molecule has 0 aliphatic carbocycles. The monoisotopic (exact) mass is 323 g/mol. The van der Waals surface area contributed by atoms with Crippen molar-refractivity contribution < 1.29 is 18.3 Å². The fourth-order valence-electron chi connectivity index (χ4n) is 1.23. The molecular weight excluding hydrogens is 310 g/mol. The van der Waals surface area contributed by atoms with Gasteiger partial charge in [-0.3, -0.25) is 0 Å². The van der Waals surface area contributed by atoms with Crippen LogP contribution in [-0.4, -0.2) is 33.3 Å². The SMILES string of the molecule is COc1ccc(Br)cc1S(=O)(=O)N[C@@H](C)CO. The zero-order chi connectivity index (χ0) is 13.1. The van der Waals surface area contributed by atoms with E-state index in [-0.39, 0.29) is 17.3 Å². The van der Waals surface area contributed by atoms with Gasteiger partial charge in [-0.2, -0.15) is 0 Å². The smallest absolute Gasteiger partial charge is 0.244 e. The molecule has 0 amide bonds. The molecule has 0 aromatic heterocycles. The summed E-state index contributed by atoms with van der Waals surface area (Å²) in [6.07, 6.45) is 0. The van der Waals surface area contributed by atoms with Gasteiger partial charge in [-0.15, -0.1) is 0 Å². The van der Waals surface area contributed by atoms with Gasteiger partial charge in [-0.1, -0.05) is 15.9 Å². The van der Waals surface area contributed by atoms with Crippen molar-refractivity contribution in [3.8, 4) is 5.75 Å². The number of sulfonamides is 1. The number of rotatable bonds is 5. The van der Waals surface area contributed by atoms with Crippen LogP contribution in [0.1, 0.15) is 6.92 Å². The van der Waals surface area contributed by atoms with Crippen molar-refractivity contribution in [2.24, 2.45) is 0 Å². The zero-order valence-corrected chi connectivity index (χ0v) is 11.9. The second-order valence-electron chi connectivity index (χ2n) is 3.50. The van der Waals surface area contributed by atoms with Crippen molar-refractivity contribution in [3.63, 3.8) is 0 Å². The third-order valence-corrected chi connectivity index (χ3v) is 4.15. The predicted molar refractivity (Wildman–Crippen MR) is 67.6 cm³/mol. The molecule has 0 heterocycles. The number of nitrogens with one attached hydrogen (secondary N) is 1. The van der Waals surface area contributed by atoms with Gasteiger partial charge in [-0.05, 0) is 25.1 Å². The van der Waals surface area contributed by atoms with Crippen molar-refractivity contribution >= 4 is 26.0 Å². The third-order valence-electron chi connectivity index (χ3n) is 2.05. The van der Waals surface area contributed by atoms with E-state index in [1.54, 1.807) is 19.1 Å². The molecule has 1 atom stereocenters. The first-order valence-corrected chi connectivity index (χ1v) is 7.15. The number of aliphatic hydroxyl groups excluding tert-OH is 1. The van der Waals surface area contributed by atoms with Crippen LogP contribution in [0.5, 0.6) is 5.75 Å². The second-order valence-corrected chi connectivity index (χ2v) is 6.10. The highest BCUT2D eigenvalue weighted by atomic mass is 79.9. The average molecular weight is 324 g/mol. The minimum atomic E-state index is -3.70. The standard InChI is InChI=1S/C10H14BrNO4S/c1-7(6-13)12-17(14,15)10-5-8(11)3-4-9(10)16-2/h3-5,7,12-13H,6H2,1-2H3/t7-/m0/s1. The fourth-order valence-corrected chi connectivity index (χ4v) is 3.17. The quantitative estimate of drug-likeness (QED) is 0.851. The minimum Gasteiger partial charge on any atom is -0.495 e. The van der Waals surface area contributed by atoms with E-state index in [2.05, 4.69) is 20.7 Å². The third kappa shape index (κ3) is 3.67. The van der Waals surface area contributed by atoms with Gasteiger partial charge in [0.05, 0.1) is 13.7 Å². The Kier molecular flexibility index (Phi) is 4.93. The maximum atomic E-state index is 12.0. The molecule has 1 aromatic carbocycles. The van der Waals surface area contributed by atoms with Gasteiger partial charge in [-0.25, -0.2) is 13.1 Å². The summed E-state index contributed by atoms with van der Waals surface area (Å²) in [4.78, 5) is 0.0367. The maximum absolute atomic E-state index is 12.0. The van der Waals surface area contributed by atoms with E-state index >= 15 is 0 Å². The van der Waals surface area contributed by atoms with E-state index in [0.717, 1.165) is 0 Å². The molecule has 1 aromatic rings. The molecule has 0 radical (unpaired) electrons. The van der Waals surface area contributed by atoms with Crippen LogP contribution in [0.25, 0.3) is 0 Å². The van der Waals surface area contributed by atoms with Gasteiger partial charge in [0.1, 0.15) is 10.6 Å². The number of hydrogen-bond acceptors (Lipinski definition) is 4. The molecule has 7 heteroatoms. The number of aliphatic hydroxyl groups is 1. The van der Waals surface area contributed by atoms with E-state index in [1.165, 1.54) is 13.2 Å². The van der Waals surface area contributed by atoms with Gasteiger partial charge in [0.15, 0.2) is 0 Å². The second kappa shape index (κ2) is 5.81. The summed E-state index contributed by atoms with van der Waals surface area (Å²) in [7, 11) is -2.30. The van der Waals surface area contributed by atoms with Crippen LogP contribution in [0, 0.1) is 0 Å². The number of benzene rings is 1. The molecule has 1 rings (SSSR count). The summed E-state index contributed by atoms with van der Waals surface area (Å²) in [6, 6.07) is 4.14. The van der Waals surface area contributed by atoms with Crippen LogP contribution in [0.2, 0.25) is 0 Å². The molecule has 0 aliphatic heterocycles. The first-order chi connectivity index (χ1) is 7.90. The first kappa shape index (κ1) is 14.4. The minimum absolute atomic E-state index is 0.0367. The van der Waals surface area contributed by atoms with E-state index in [9.17, 15) is 8.42 Å². The molecule has 0 unspecified atom stereocenters. The van der Waals surface area contributed by atoms with Crippen LogP contribution in [0.3, 0.4) is 0 Å². The Bertz CT molecular complexity index is 489. The normalized spacial score (nSPS) is 13.4. The summed E-state index contributed by atoms with van der Waals surface area (Å²) >= 11 is 3.20. The summed E-state index contributed by atoms with van der Waals surface area (Å²) < 4.78 is 32.0. The Morgan fingerprint density at radius 2 is 2.18 bits per heavy atom. The van der Waals surface area contributed by atoms with Crippen molar-refractivity contribution in [1.29, 1.82) is 0 Å². The Balaban J connectivity index is 3.18. The molecule has 2 N–H and O–H groups in total. The van der Waals surface area contributed by atoms with Crippen LogP contribution >= 0.6 is 15.9 Å². The molecule has 17 heavy (non-hydrogen) atoms. The topological polar surface area (TPSA) is 75.6 Å². The van der Waals surface area contributed by atoms with E-state index in [4.69, 9.17) is 9.84 Å². The van der Waals surface area contributed by atoms with E-state index < -0.39 is 16.1 Å². The van der Waals surface area contributed by atoms with Crippen LogP contribution in [0.15, 0.2) is 27.6 Å². The molecule has 0 aliphatic rings. The zero-order valence-electron chi connectivity index (χ0n) is 9.47. The molecule has 0 bridgehead atoms. The number of ether oxygens (including phenoxy) is 1. The lowest BCUT2D eigenvalue weighted by Crippen LogP contribution is -2.35. The fraction of sp³-hybridized carbons (Fsp3) is 0.400. The van der Waals surface area contributed by atoms with Crippen LogP contribution in [-0.2, 0) is 10.0 Å². The van der Waals surface area contributed by atoms with Crippen molar-refractivity contribution in [1.82, 2.24) is 4.72 Å². The van der Waals surface area contributed by atoms with Gasteiger partial charge < -0.3 is 9.84 Å². The number of halogens is 1. The number of methoxy groups -OCH3 is 1. The highest BCUT2D eigenvalue weighted by molar-refractivity contribution is 9.10. The molecule has 0 saturated carbocycles. The summed E-state index contributed by atoms with van der Waals surface area (Å²) in [5.74, 6) is 0.255. The predicted octanol–water partition coefficient (Wildman–Crippen LogP) is 1.12. The van der Waals surface area contributed by atoms with Crippen LogP contribution in [0.4, 0.5) is 0 Å². The highest BCUT2D eigenvalue weighted by Gasteiger charge is 2.21. The lowest BCUT2D eigenvalue weighted by atomic mass is 10.3. The number of hydrogen-bond donors (Lipinski definition) is 2. The average Bonchev–Trinajstić information content (AvgIpc) is 2.28. The molecular formula is C10H14BrNO4S. The van der Waals surface area contributed by atoms with Crippen molar-refractivity contribution in [3.05, 3.63) is 22.7 Å². The molecule has 0 saturated heterocycles. The summed E-state index contributed by atoms with van der Waals surface area (Å²) in [5, 5.41) is 8.86. The molecule has 0 fully saturated rings. The van der Waals surface area contributed by atoms with Gasteiger partial charge >= 0.3 is 0 Å². The van der Waals surface area contributed by atoms with Crippen molar-refractivity contribution in [2.75, 3.05) is 13.7 Å². The Labute approximate surface area is 109 Å². The van der Waals surface area contributed by atoms with E-state index in [1.807, 2.05) is 0 Å². The Hall–Kier alpha value is -0.630. The molecule has 0 spiro atoms. The lowest BCUT2D eigenvalue weighted by molar-refractivity contribution is 0.265. The summed E-state index contributed by atoms with van der Waals surface area (Å²) in [6.45, 7) is 1.30. The van der Waals surface area contributed by atoms with Gasteiger partial charge in [0.25, 0.3) is 0 Å². The highest BCUT2D eigenvalue weighted by Crippen LogP contribution is 2.27. The Morgan fingerprint density at radius 1 is 1.53 bits per heavy atom. The lowest BCUT2D eigenvalue weighted by Gasteiger charge is -2.14. The van der Waals surface area contributed by atoms with E-state index in [0.29, 0.717) is 4.47 Å². The Morgan fingerprint density at radius 3 is 2.71 bits per heavy atom. The largest absolute Gasteiger partial charge is 0.495 e. The maximum Gasteiger partial charge on any atom is 0.244 e. The van der Waals surface area contributed by atoms with Crippen molar-refractivity contribution in [2.45, 2.75) is 17.9 Å². The molecule has 5 nitrogen and oxygen atoms in total. The van der Waals surface area contributed by atoms with Gasteiger partial charge in [0, 0.05) is 10.5 Å². The molecule has 96 valence electrons. The van der Waals surface area contributed by atoms with Crippen LogP contribution < -0.4 is 9.46 Å². The van der Waals surface area contributed by atoms with Gasteiger partial charge in [0.2, 0.25) is 10.0 Å².